The molecule has 0 saturated heterocycles. The molecule has 0 aliphatic carbocycles. The average molecular weight is 441 g/mol. The Morgan fingerprint density at radius 2 is 1.61 bits per heavy atom. The Kier molecular flexibility index (Phi) is 7.41. The van der Waals surface area contributed by atoms with E-state index in [1.165, 1.54) is 19.2 Å². The van der Waals surface area contributed by atoms with Crippen molar-refractivity contribution < 1.29 is 22.7 Å². The van der Waals surface area contributed by atoms with E-state index in [9.17, 15) is 13.2 Å². The molecule has 0 unspecified atom stereocenters. The predicted molar refractivity (Wildman–Crippen MR) is 119 cm³/mol. The van der Waals surface area contributed by atoms with Crippen LogP contribution in [0.1, 0.15) is 15.9 Å². The summed E-state index contributed by atoms with van der Waals surface area (Å²) in [5.41, 5.74) is 1.51. The van der Waals surface area contributed by atoms with Crippen LogP contribution in [0.3, 0.4) is 0 Å². The third kappa shape index (κ3) is 6.14. The molecule has 3 aromatic rings. The second-order valence-electron chi connectivity index (χ2n) is 6.76. The Morgan fingerprint density at radius 1 is 0.935 bits per heavy atom. The van der Waals surface area contributed by atoms with Crippen LogP contribution < -0.4 is 14.8 Å². The molecule has 162 valence electrons. The standard InChI is InChI=1S/C23H24N2O5S/c1-17-8-13-21(31(27,28)24-14-15-29-2)16-22(17)23(26)25-18-9-11-20(12-10-18)30-19-6-4-3-5-7-19/h3-13,16,24H,14-15H2,1-2H3,(H,25,26). The predicted octanol–water partition coefficient (Wildman–Crippen LogP) is 3.96. The number of amides is 1. The van der Waals surface area contributed by atoms with Gasteiger partial charge in [-0.05, 0) is 61.0 Å². The quantitative estimate of drug-likeness (QED) is 0.491. The van der Waals surface area contributed by atoms with Gasteiger partial charge in [-0.1, -0.05) is 24.3 Å². The van der Waals surface area contributed by atoms with Crippen molar-refractivity contribution in [2.24, 2.45) is 0 Å². The van der Waals surface area contributed by atoms with Crippen LogP contribution in [0.4, 0.5) is 5.69 Å². The van der Waals surface area contributed by atoms with Gasteiger partial charge in [0.1, 0.15) is 11.5 Å². The molecule has 8 heteroatoms. The second kappa shape index (κ2) is 10.2. The van der Waals surface area contributed by atoms with Crippen molar-refractivity contribution in [3.8, 4) is 11.5 Å². The number of hydrogen-bond acceptors (Lipinski definition) is 5. The van der Waals surface area contributed by atoms with Gasteiger partial charge in [0.05, 0.1) is 11.5 Å². The summed E-state index contributed by atoms with van der Waals surface area (Å²) < 4.78 is 37.9. The lowest BCUT2D eigenvalue weighted by atomic mass is 10.1. The first-order valence-corrected chi connectivity index (χ1v) is 11.1. The molecule has 0 atom stereocenters. The average Bonchev–Trinajstić information content (AvgIpc) is 2.76. The summed E-state index contributed by atoms with van der Waals surface area (Å²) in [7, 11) is -2.25. The molecule has 1 amide bonds. The van der Waals surface area contributed by atoms with Gasteiger partial charge >= 0.3 is 0 Å². The Balaban J connectivity index is 1.71. The summed E-state index contributed by atoms with van der Waals surface area (Å²) in [4.78, 5) is 12.8. The number of methoxy groups -OCH3 is 1. The van der Waals surface area contributed by atoms with Crippen molar-refractivity contribution in [2.75, 3.05) is 25.6 Å². The maximum absolute atomic E-state index is 12.8. The topological polar surface area (TPSA) is 93.7 Å². The number of carbonyl (C=O) groups is 1. The third-order valence-electron chi connectivity index (χ3n) is 4.45. The van der Waals surface area contributed by atoms with Gasteiger partial charge in [-0.2, -0.15) is 0 Å². The van der Waals surface area contributed by atoms with Gasteiger partial charge in [0.25, 0.3) is 5.91 Å². The van der Waals surface area contributed by atoms with Crippen molar-refractivity contribution in [3.63, 3.8) is 0 Å². The maximum Gasteiger partial charge on any atom is 0.255 e. The van der Waals surface area contributed by atoms with Crippen molar-refractivity contribution >= 4 is 21.6 Å². The van der Waals surface area contributed by atoms with E-state index in [-0.39, 0.29) is 23.6 Å². The first kappa shape index (κ1) is 22.5. The largest absolute Gasteiger partial charge is 0.457 e. The fourth-order valence-electron chi connectivity index (χ4n) is 2.80. The number of benzene rings is 3. The minimum atomic E-state index is -3.74. The van der Waals surface area contributed by atoms with E-state index in [4.69, 9.17) is 9.47 Å². The number of para-hydroxylation sites is 1. The normalized spacial score (nSPS) is 11.2. The highest BCUT2D eigenvalue weighted by molar-refractivity contribution is 7.89. The van der Waals surface area contributed by atoms with Gasteiger partial charge in [-0.25, -0.2) is 13.1 Å². The zero-order valence-electron chi connectivity index (χ0n) is 17.3. The monoisotopic (exact) mass is 440 g/mol. The number of sulfonamides is 1. The minimum absolute atomic E-state index is 0.0194. The van der Waals surface area contributed by atoms with Crippen LogP contribution in [0.25, 0.3) is 0 Å². The minimum Gasteiger partial charge on any atom is -0.457 e. The van der Waals surface area contributed by atoms with E-state index in [1.807, 2.05) is 30.3 Å². The number of anilines is 1. The molecular formula is C23H24N2O5S. The van der Waals surface area contributed by atoms with Crippen LogP contribution in [0.5, 0.6) is 11.5 Å². The first-order valence-electron chi connectivity index (χ1n) is 9.62. The first-order chi connectivity index (χ1) is 14.9. The molecule has 3 aromatic carbocycles. The number of ether oxygens (including phenoxy) is 2. The summed E-state index contributed by atoms with van der Waals surface area (Å²) in [6.07, 6.45) is 0. The van der Waals surface area contributed by atoms with Gasteiger partial charge in [-0.15, -0.1) is 0 Å². The highest BCUT2D eigenvalue weighted by Crippen LogP contribution is 2.23. The van der Waals surface area contributed by atoms with E-state index < -0.39 is 15.9 Å². The van der Waals surface area contributed by atoms with Gasteiger partial charge < -0.3 is 14.8 Å². The lowest BCUT2D eigenvalue weighted by molar-refractivity contribution is 0.102. The summed E-state index contributed by atoms with van der Waals surface area (Å²) in [5, 5.41) is 2.79. The SMILES string of the molecule is COCCNS(=O)(=O)c1ccc(C)c(C(=O)Nc2ccc(Oc3ccccc3)cc2)c1. The summed E-state index contributed by atoms with van der Waals surface area (Å²) in [6, 6.07) is 20.8. The van der Waals surface area contributed by atoms with E-state index in [0.29, 0.717) is 22.7 Å². The van der Waals surface area contributed by atoms with Crippen LogP contribution in [0, 0.1) is 6.92 Å². The van der Waals surface area contributed by atoms with E-state index in [1.54, 1.807) is 37.3 Å². The number of carbonyl (C=O) groups excluding carboxylic acids is 1. The number of nitrogens with one attached hydrogen (secondary N) is 2. The van der Waals surface area contributed by atoms with E-state index >= 15 is 0 Å². The highest BCUT2D eigenvalue weighted by Gasteiger charge is 2.18. The molecule has 0 aliphatic heterocycles. The lowest BCUT2D eigenvalue weighted by Crippen LogP contribution is -2.27. The fraction of sp³-hybridized carbons (Fsp3) is 0.174. The molecular weight excluding hydrogens is 416 g/mol. The van der Waals surface area contributed by atoms with Crippen molar-refractivity contribution in [1.82, 2.24) is 4.72 Å². The molecule has 0 aromatic heterocycles. The molecule has 0 bridgehead atoms. The van der Waals surface area contributed by atoms with Crippen molar-refractivity contribution in [3.05, 3.63) is 83.9 Å². The molecule has 0 saturated carbocycles. The summed E-state index contributed by atoms with van der Waals surface area (Å²) in [6.45, 7) is 2.15. The van der Waals surface area contributed by atoms with Crippen LogP contribution in [0.15, 0.2) is 77.7 Å². The molecule has 31 heavy (non-hydrogen) atoms. The number of aryl methyl sites for hydroxylation is 1. The second-order valence-corrected chi connectivity index (χ2v) is 8.53. The van der Waals surface area contributed by atoms with Crippen molar-refractivity contribution in [1.29, 1.82) is 0 Å². The molecule has 0 fully saturated rings. The zero-order valence-corrected chi connectivity index (χ0v) is 18.1. The molecule has 3 rings (SSSR count). The van der Waals surface area contributed by atoms with Crippen LogP contribution in [-0.2, 0) is 14.8 Å². The van der Waals surface area contributed by atoms with Gasteiger partial charge in [0.15, 0.2) is 0 Å². The zero-order chi connectivity index (χ0) is 22.3. The number of hydrogen-bond donors (Lipinski definition) is 2. The smallest absolute Gasteiger partial charge is 0.255 e. The molecule has 0 heterocycles. The molecule has 0 spiro atoms. The Bertz CT molecular complexity index is 1130. The van der Waals surface area contributed by atoms with E-state index in [0.717, 1.165) is 0 Å². The maximum atomic E-state index is 12.8. The molecule has 2 N–H and O–H groups in total. The summed E-state index contributed by atoms with van der Waals surface area (Å²) in [5.74, 6) is 0.950. The van der Waals surface area contributed by atoms with Crippen LogP contribution >= 0.6 is 0 Å². The molecule has 0 aliphatic rings. The van der Waals surface area contributed by atoms with E-state index in [2.05, 4.69) is 10.0 Å². The fourth-order valence-corrected chi connectivity index (χ4v) is 3.84. The Morgan fingerprint density at radius 3 is 2.29 bits per heavy atom. The molecule has 0 radical (unpaired) electrons. The summed E-state index contributed by atoms with van der Waals surface area (Å²) >= 11 is 0. The highest BCUT2D eigenvalue weighted by atomic mass is 32.2. The number of rotatable bonds is 9. The van der Waals surface area contributed by atoms with Crippen molar-refractivity contribution in [2.45, 2.75) is 11.8 Å². The van der Waals surface area contributed by atoms with Crippen LogP contribution in [0.2, 0.25) is 0 Å². The van der Waals surface area contributed by atoms with Gasteiger partial charge in [0, 0.05) is 24.9 Å². The van der Waals surface area contributed by atoms with Crippen LogP contribution in [-0.4, -0.2) is 34.6 Å². The Labute approximate surface area is 182 Å². The molecule has 7 nitrogen and oxygen atoms in total. The van der Waals surface area contributed by atoms with Gasteiger partial charge in [0.2, 0.25) is 10.0 Å². The third-order valence-corrected chi connectivity index (χ3v) is 5.91. The van der Waals surface area contributed by atoms with Gasteiger partial charge in [-0.3, -0.25) is 4.79 Å². The lowest BCUT2D eigenvalue weighted by Gasteiger charge is -2.12. The Hall–Kier alpha value is -3.20.